The molecule has 12 heteroatoms. The fourth-order valence-corrected chi connectivity index (χ4v) is 8.55. The first-order valence-electron chi connectivity index (χ1n) is 24.8. The number of rotatable bonds is 30. The normalized spacial score (nSPS) is 12.8. The average molecular weight is 937 g/mol. The molecule has 0 radical (unpaired) electrons. The Kier molecular flexibility index (Phi) is 20.2. The third-order valence-electron chi connectivity index (χ3n) is 12.4. The fraction of sp³-hybridized carbons (Fsp3) is 0.421. The number of anilines is 1. The largest absolute Gasteiger partial charge is 0.379 e. The molecule has 0 bridgehead atoms. The molecule has 0 unspecified atom stereocenters. The number of imidazole rings is 1. The van der Waals surface area contributed by atoms with Gasteiger partial charge in [-0.2, -0.15) is 0 Å². The lowest BCUT2D eigenvalue weighted by Gasteiger charge is -2.27. The molecule has 3 heterocycles. The number of nitrogens with zero attached hydrogens (tertiary/aromatic N) is 4. The van der Waals surface area contributed by atoms with Crippen LogP contribution in [0.4, 0.5) is 5.69 Å². The van der Waals surface area contributed by atoms with Gasteiger partial charge in [0.05, 0.1) is 95.0 Å². The van der Waals surface area contributed by atoms with Crippen LogP contribution in [0, 0.1) is 6.92 Å². The maximum atomic E-state index is 13.4. The number of unbranched alkanes of at least 4 members (excludes halogenated alkanes) is 1. The molecule has 1 amide bonds. The standard InChI is InChI=1S/C57H68N4O8/c1-3-4-19-54-59-56-43(2)58-52-17-9-8-16-51(52)57(56)61(54)41-45-23-21-44(22-24-45)25-28-50(63)30-32-66-34-36-68-38-40-69-39-37-67-35-33-65-31-29-49(62)15-11-20-55(64)60-42-48-14-6-5-12-46(48)26-27-47-13-7-10-18-53(47)60/h5-10,12-14,16-18,21-24,26-27H,3-4,11,15,19-20,25,28-42H2,1-2H3/b27-26-. The Hall–Kier alpha value is -5.89. The van der Waals surface area contributed by atoms with Gasteiger partial charge in [-0.25, -0.2) is 4.98 Å². The zero-order valence-corrected chi connectivity index (χ0v) is 40.5. The van der Waals surface area contributed by atoms with Gasteiger partial charge in [0, 0.05) is 50.5 Å². The lowest BCUT2D eigenvalue weighted by Crippen LogP contribution is -2.31. The molecule has 0 atom stereocenters. The molecule has 6 aromatic rings. The van der Waals surface area contributed by atoms with Gasteiger partial charge in [-0.05, 0) is 66.1 Å². The van der Waals surface area contributed by atoms with Crippen molar-refractivity contribution >= 4 is 57.2 Å². The number of ether oxygens (including phenoxy) is 5. The van der Waals surface area contributed by atoms with E-state index in [4.69, 9.17) is 33.7 Å². The van der Waals surface area contributed by atoms with Crippen LogP contribution < -0.4 is 4.90 Å². The van der Waals surface area contributed by atoms with E-state index in [9.17, 15) is 14.4 Å². The minimum absolute atomic E-state index is 0.0117. The number of aromatic nitrogens is 3. The quantitative estimate of drug-likeness (QED) is 0.0402. The van der Waals surface area contributed by atoms with Crippen molar-refractivity contribution in [2.75, 3.05) is 71.0 Å². The van der Waals surface area contributed by atoms with Crippen molar-refractivity contribution in [2.45, 2.75) is 91.1 Å². The number of hydrogen-bond donors (Lipinski definition) is 0. The number of Topliss-reactive ketones (excluding diaryl/α,β-unsaturated/α-hetero) is 2. The number of carbonyl (C=O) groups excluding carboxylic acids is 3. The van der Waals surface area contributed by atoms with Gasteiger partial charge >= 0.3 is 0 Å². The number of aryl methyl sites for hydroxylation is 3. The van der Waals surface area contributed by atoms with Crippen LogP contribution in [0.15, 0.2) is 97.1 Å². The summed E-state index contributed by atoms with van der Waals surface area (Å²) in [6.45, 7) is 9.60. The summed E-state index contributed by atoms with van der Waals surface area (Å²) in [5.41, 5.74) is 10.5. The van der Waals surface area contributed by atoms with Crippen LogP contribution in [0.5, 0.6) is 0 Å². The van der Waals surface area contributed by atoms with E-state index >= 15 is 0 Å². The third kappa shape index (κ3) is 15.3. The van der Waals surface area contributed by atoms with Gasteiger partial charge in [0.25, 0.3) is 0 Å². The topological polar surface area (TPSA) is 131 Å². The number of fused-ring (bicyclic) bond motifs is 5. The highest BCUT2D eigenvalue weighted by molar-refractivity contribution is 6.03. The number of hydrogen-bond acceptors (Lipinski definition) is 10. The van der Waals surface area contributed by atoms with Crippen molar-refractivity contribution < 1.29 is 38.1 Å². The highest BCUT2D eigenvalue weighted by Crippen LogP contribution is 2.31. The first-order chi connectivity index (χ1) is 33.9. The number of benzene rings is 4. The monoisotopic (exact) mass is 937 g/mol. The highest BCUT2D eigenvalue weighted by Gasteiger charge is 2.21. The summed E-state index contributed by atoms with van der Waals surface area (Å²) >= 11 is 0. The van der Waals surface area contributed by atoms with Crippen LogP contribution in [0.2, 0.25) is 0 Å². The molecule has 1 aliphatic rings. The molecule has 4 aromatic carbocycles. The molecule has 12 nitrogen and oxygen atoms in total. The number of ketones is 2. The van der Waals surface area contributed by atoms with Crippen LogP contribution in [0.3, 0.4) is 0 Å². The first kappa shape index (κ1) is 51.0. The minimum atomic E-state index is 0.0117. The number of pyridine rings is 1. The van der Waals surface area contributed by atoms with Crippen molar-refractivity contribution in [3.63, 3.8) is 0 Å². The van der Waals surface area contributed by atoms with Crippen LogP contribution in [0.1, 0.15) is 97.6 Å². The molecule has 364 valence electrons. The van der Waals surface area contributed by atoms with Gasteiger partial charge in [-0.3, -0.25) is 19.4 Å². The minimum Gasteiger partial charge on any atom is -0.379 e. The second kappa shape index (κ2) is 27.3. The summed E-state index contributed by atoms with van der Waals surface area (Å²) in [4.78, 5) is 50.3. The Labute approximate surface area is 407 Å². The van der Waals surface area contributed by atoms with Gasteiger partial charge < -0.3 is 33.2 Å². The third-order valence-corrected chi connectivity index (χ3v) is 12.4. The molecule has 0 saturated carbocycles. The molecule has 0 N–H and O–H groups in total. The van der Waals surface area contributed by atoms with E-state index in [-0.39, 0.29) is 17.5 Å². The Bertz CT molecular complexity index is 2620. The van der Waals surface area contributed by atoms with Gasteiger partial charge in [0.1, 0.15) is 22.9 Å². The molecule has 7 rings (SSSR count). The summed E-state index contributed by atoms with van der Waals surface area (Å²) in [6, 6.07) is 33.0. The summed E-state index contributed by atoms with van der Waals surface area (Å²) < 4.78 is 30.4. The SMILES string of the molecule is CCCCc1nc2c(C)nc3ccccc3c2n1Cc1ccc(CCC(=O)CCOCCOCCOCCOCCOCCC(=O)CCCC(=O)N2Cc3ccccc3/C=C\c3ccccc32)cc1. The number of amides is 1. The van der Waals surface area contributed by atoms with Crippen molar-refractivity contribution in [2.24, 2.45) is 0 Å². The van der Waals surface area contributed by atoms with Crippen LogP contribution >= 0.6 is 0 Å². The van der Waals surface area contributed by atoms with E-state index < -0.39 is 0 Å². The van der Waals surface area contributed by atoms with E-state index in [0.717, 1.165) is 87.2 Å². The second-order valence-corrected chi connectivity index (χ2v) is 17.5. The summed E-state index contributed by atoms with van der Waals surface area (Å²) in [6.07, 6.45) is 10.3. The van der Waals surface area contributed by atoms with Crippen molar-refractivity contribution in [1.29, 1.82) is 0 Å². The molecular formula is C57H68N4O8. The van der Waals surface area contributed by atoms with E-state index in [1.54, 1.807) is 0 Å². The van der Waals surface area contributed by atoms with Crippen molar-refractivity contribution in [3.05, 3.63) is 136 Å². The lowest BCUT2D eigenvalue weighted by molar-refractivity contribution is -0.121. The molecule has 0 fully saturated rings. The van der Waals surface area contributed by atoms with E-state index in [0.29, 0.717) is 118 Å². The Morgan fingerprint density at radius 3 is 1.84 bits per heavy atom. The zero-order chi connectivity index (χ0) is 48.0. The summed E-state index contributed by atoms with van der Waals surface area (Å²) in [5, 5.41) is 1.13. The van der Waals surface area contributed by atoms with Crippen LogP contribution in [0.25, 0.3) is 34.1 Å². The average Bonchev–Trinajstić information content (AvgIpc) is 3.73. The van der Waals surface area contributed by atoms with Gasteiger partial charge in [-0.15, -0.1) is 0 Å². The maximum absolute atomic E-state index is 13.4. The number of carbonyl (C=O) groups is 3. The van der Waals surface area contributed by atoms with Gasteiger partial charge in [0.2, 0.25) is 5.91 Å². The lowest BCUT2D eigenvalue weighted by atomic mass is 10.0. The van der Waals surface area contributed by atoms with Crippen molar-refractivity contribution in [1.82, 2.24) is 14.5 Å². The molecule has 2 aromatic heterocycles. The summed E-state index contributed by atoms with van der Waals surface area (Å²) in [5.74, 6) is 1.38. The molecular weight excluding hydrogens is 869 g/mol. The van der Waals surface area contributed by atoms with E-state index in [1.807, 2.05) is 54.3 Å². The molecule has 1 aliphatic heterocycles. The predicted molar refractivity (Wildman–Crippen MR) is 272 cm³/mol. The zero-order valence-electron chi connectivity index (χ0n) is 40.5. The van der Waals surface area contributed by atoms with E-state index in [2.05, 4.69) is 78.2 Å². The fourth-order valence-electron chi connectivity index (χ4n) is 8.55. The number of para-hydroxylation sites is 2. The maximum Gasteiger partial charge on any atom is 0.227 e. The second-order valence-electron chi connectivity index (χ2n) is 17.5. The smallest absolute Gasteiger partial charge is 0.227 e. The first-order valence-corrected chi connectivity index (χ1v) is 24.8. The van der Waals surface area contributed by atoms with Gasteiger partial charge in [0.15, 0.2) is 0 Å². The molecule has 0 aliphatic carbocycles. The molecule has 0 spiro atoms. The van der Waals surface area contributed by atoms with E-state index in [1.165, 1.54) is 5.56 Å². The van der Waals surface area contributed by atoms with Crippen LogP contribution in [-0.2, 0) is 64.0 Å². The highest BCUT2D eigenvalue weighted by atomic mass is 16.6. The van der Waals surface area contributed by atoms with Crippen molar-refractivity contribution in [3.8, 4) is 0 Å². The van der Waals surface area contributed by atoms with Gasteiger partial charge in [-0.1, -0.05) is 110 Å². The molecule has 69 heavy (non-hydrogen) atoms. The predicted octanol–water partition coefficient (Wildman–Crippen LogP) is 10.1. The Balaban J connectivity index is 0.659. The van der Waals surface area contributed by atoms with Crippen LogP contribution in [-0.4, -0.2) is 98.1 Å². The summed E-state index contributed by atoms with van der Waals surface area (Å²) in [7, 11) is 0. The Morgan fingerprint density at radius 1 is 0.565 bits per heavy atom. The Morgan fingerprint density at radius 2 is 1.14 bits per heavy atom. The molecule has 0 saturated heterocycles.